The first-order valence-corrected chi connectivity index (χ1v) is 7.93. The van der Waals surface area contributed by atoms with Crippen molar-refractivity contribution in [1.82, 2.24) is 9.88 Å². The van der Waals surface area contributed by atoms with Crippen molar-refractivity contribution in [3.63, 3.8) is 0 Å². The topological polar surface area (TPSA) is 59.2 Å². The molecule has 0 saturated carbocycles. The van der Waals surface area contributed by atoms with E-state index in [0.717, 1.165) is 25.1 Å². The lowest BCUT2D eigenvalue weighted by Gasteiger charge is -2.23. The molecule has 6 heteroatoms. The summed E-state index contributed by atoms with van der Waals surface area (Å²) in [6.45, 7) is 2.66. The van der Waals surface area contributed by atoms with Crippen LogP contribution in [0.2, 0.25) is 0 Å². The zero-order valence-electron chi connectivity index (χ0n) is 10.6. The van der Waals surface area contributed by atoms with Crippen LogP contribution in [0.15, 0.2) is 17.5 Å². The monoisotopic (exact) mass is 293 g/mol. The summed E-state index contributed by atoms with van der Waals surface area (Å²) in [5.41, 5.74) is 6.42. The molecule has 1 aliphatic heterocycles. The van der Waals surface area contributed by atoms with E-state index in [1.807, 2.05) is 17.9 Å². The fourth-order valence-corrected chi connectivity index (χ4v) is 4.20. The number of carbonyl (C=O) groups is 1. The molecule has 0 radical (unpaired) electrons. The summed E-state index contributed by atoms with van der Waals surface area (Å²) in [5, 5.41) is 2.53. The molecule has 1 fully saturated rings. The number of nitrogens with zero attached hydrogens (tertiary/aromatic N) is 2. The van der Waals surface area contributed by atoms with E-state index in [1.165, 1.54) is 16.2 Å². The number of hydrogen-bond acceptors (Lipinski definition) is 5. The Morgan fingerprint density at radius 3 is 3.05 bits per heavy atom. The molecule has 2 N–H and O–H groups in total. The van der Waals surface area contributed by atoms with Crippen molar-refractivity contribution < 1.29 is 4.79 Å². The number of hydrogen-bond donors (Lipinski definition) is 1. The highest BCUT2D eigenvalue weighted by Gasteiger charge is 2.32. The van der Waals surface area contributed by atoms with E-state index in [4.69, 9.17) is 5.73 Å². The lowest BCUT2D eigenvalue weighted by Crippen LogP contribution is -2.30. The minimum absolute atomic E-state index is 0.0719. The zero-order valence-corrected chi connectivity index (χ0v) is 12.3. The Labute approximate surface area is 119 Å². The first-order valence-electron chi connectivity index (χ1n) is 6.24. The molecule has 1 atom stereocenters. The SMILES string of the molecule is Cc1nc(N)sc1C(=O)N1CCCC1c1cccs1. The second-order valence-electron chi connectivity index (χ2n) is 4.64. The summed E-state index contributed by atoms with van der Waals surface area (Å²) in [6, 6.07) is 4.36. The van der Waals surface area contributed by atoms with Crippen molar-refractivity contribution in [2.75, 3.05) is 12.3 Å². The second kappa shape index (κ2) is 4.94. The summed E-state index contributed by atoms with van der Waals surface area (Å²) in [7, 11) is 0. The molecular weight excluding hydrogens is 278 g/mol. The van der Waals surface area contributed by atoms with Crippen LogP contribution in [0.25, 0.3) is 0 Å². The van der Waals surface area contributed by atoms with E-state index >= 15 is 0 Å². The van der Waals surface area contributed by atoms with Crippen LogP contribution in [-0.4, -0.2) is 22.3 Å². The summed E-state index contributed by atoms with van der Waals surface area (Å²) < 4.78 is 0. The van der Waals surface area contributed by atoms with Crippen LogP contribution < -0.4 is 5.73 Å². The smallest absolute Gasteiger partial charge is 0.266 e. The molecule has 1 unspecified atom stereocenters. The van der Waals surface area contributed by atoms with Gasteiger partial charge in [-0.1, -0.05) is 17.4 Å². The van der Waals surface area contributed by atoms with Crippen molar-refractivity contribution in [2.24, 2.45) is 0 Å². The number of carbonyl (C=O) groups excluding carboxylic acids is 1. The summed E-state index contributed by atoms with van der Waals surface area (Å²) in [6.07, 6.45) is 2.10. The van der Waals surface area contributed by atoms with Crippen LogP contribution in [-0.2, 0) is 0 Å². The fraction of sp³-hybridized carbons (Fsp3) is 0.385. The lowest BCUT2D eigenvalue weighted by molar-refractivity contribution is 0.0742. The van der Waals surface area contributed by atoms with Gasteiger partial charge in [0.2, 0.25) is 0 Å². The van der Waals surface area contributed by atoms with Crippen molar-refractivity contribution in [3.05, 3.63) is 33.0 Å². The molecule has 3 rings (SSSR count). The molecule has 0 spiro atoms. The maximum Gasteiger partial charge on any atom is 0.266 e. The van der Waals surface area contributed by atoms with Crippen molar-refractivity contribution in [2.45, 2.75) is 25.8 Å². The van der Waals surface area contributed by atoms with Crippen LogP contribution in [0.4, 0.5) is 5.13 Å². The number of likely N-dealkylation sites (tertiary alicyclic amines) is 1. The molecule has 3 heterocycles. The average Bonchev–Trinajstić information content (AvgIpc) is 3.06. The largest absolute Gasteiger partial charge is 0.375 e. The van der Waals surface area contributed by atoms with E-state index in [1.54, 1.807) is 11.3 Å². The molecule has 19 heavy (non-hydrogen) atoms. The van der Waals surface area contributed by atoms with Gasteiger partial charge in [-0.05, 0) is 31.2 Å². The predicted molar refractivity (Wildman–Crippen MR) is 78.6 cm³/mol. The minimum Gasteiger partial charge on any atom is -0.375 e. The number of amides is 1. The first kappa shape index (κ1) is 12.6. The number of thiophene rings is 1. The number of nitrogen functional groups attached to an aromatic ring is 1. The van der Waals surface area contributed by atoms with Crippen molar-refractivity contribution >= 4 is 33.7 Å². The normalized spacial score (nSPS) is 19.0. The quantitative estimate of drug-likeness (QED) is 0.925. The third-order valence-electron chi connectivity index (χ3n) is 3.39. The lowest BCUT2D eigenvalue weighted by atomic mass is 10.2. The maximum absolute atomic E-state index is 12.6. The molecule has 100 valence electrons. The Bertz CT molecular complexity index is 591. The highest BCUT2D eigenvalue weighted by atomic mass is 32.1. The molecular formula is C13H15N3OS2. The van der Waals surface area contributed by atoms with Crippen LogP contribution in [0.5, 0.6) is 0 Å². The van der Waals surface area contributed by atoms with Gasteiger partial charge in [0, 0.05) is 11.4 Å². The molecule has 2 aromatic rings. The van der Waals surface area contributed by atoms with Gasteiger partial charge < -0.3 is 10.6 Å². The van der Waals surface area contributed by atoms with Crippen LogP contribution >= 0.6 is 22.7 Å². The van der Waals surface area contributed by atoms with Crippen LogP contribution in [0.3, 0.4) is 0 Å². The van der Waals surface area contributed by atoms with Gasteiger partial charge in [-0.3, -0.25) is 4.79 Å². The highest BCUT2D eigenvalue weighted by Crippen LogP contribution is 2.36. The second-order valence-corrected chi connectivity index (χ2v) is 6.65. The standard InChI is InChI=1S/C13H15N3OS2/c1-8-11(19-13(14)15-8)12(17)16-6-2-4-9(16)10-5-3-7-18-10/h3,5,7,9H,2,4,6H2,1H3,(H2,14,15). The van der Waals surface area contributed by atoms with E-state index in [-0.39, 0.29) is 11.9 Å². The summed E-state index contributed by atoms with van der Waals surface area (Å²) in [5.74, 6) is 0.0719. The average molecular weight is 293 g/mol. The van der Waals surface area contributed by atoms with Gasteiger partial charge in [0.05, 0.1) is 11.7 Å². The van der Waals surface area contributed by atoms with E-state index in [0.29, 0.717) is 10.0 Å². The zero-order chi connectivity index (χ0) is 13.4. The molecule has 1 aliphatic rings. The van der Waals surface area contributed by atoms with Gasteiger partial charge >= 0.3 is 0 Å². The van der Waals surface area contributed by atoms with Gasteiger partial charge in [0.15, 0.2) is 5.13 Å². The van der Waals surface area contributed by atoms with Crippen molar-refractivity contribution in [3.8, 4) is 0 Å². The van der Waals surface area contributed by atoms with Gasteiger partial charge in [-0.25, -0.2) is 4.98 Å². The van der Waals surface area contributed by atoms with Crippen LogP contribution in [0.1, 0.15) is 39.1 Å². The molecule has 0 aromatic carbocycles. The molecule has 4 nitrogen and oxygen atoms in total. The van der Waals surface area contributed by atoms with Crippen LogP contribution in [0, 0.1) is 6.92 Å². The third kappa shape index (κ3) is 2.26. The number of thiazole rings is 1. The number of nitrogens with two attached hydrogens (primary N) is 1. The molecule has 0 aliphatic carbocycles. The number of aryl methyl sites for hydroxylation is 1. The Morgan fingerprint density at radius 2 is 2.42 bits per heavy atom. The fourth-order valence-electron chi connectivity index (χ4n) is 2.53. The van der Waals surface area contributed by atoms with E-state index < -0.39 is 0 Å². The Balaban J connectivity index is 1.89. The molecule has 1 amide bonds. The first-order chi connectivity index (χ1) is 9.16. The highest BCUT2D eigenvalue weighted by molar-refractivity contribution is 7.17. The number of anilines is 1. The summed E-state index contributed by atoms with van der Waals surface area (Å²) >= 11 is 3.00. The summed E-state index contributed by atoms with van der Waals surface area (Å²) in [4.78, 5) is 20.7. The van der Waals surface area contributed by atoms with E-state index in [9.17, 15) is 4.79 Å². The molecule has 1 saturated heterocycles. The Morgan fingerprint density at radius 1 is 1.58 bits per heavy atom. The molecule has 0 bridgehead atoms. The van der Waals surface area contributed by atoms with Gasteiger partial charge in [-0.2, -0.15) is 0 Å². The molecule has 2 aromatic heterocycles. The predicted octanol–water partition coefficient (Wildman–Crippen LogP) is 3.07. The number of rotatable bonds is 2. The van der Waals surface area contributed by atoms with Gasteiger partial charge in [0.1, 0.15) is 4.88 Å². The Hall–Kier alpha value is -1.40. The van der Waals surface area contributed by atoms with Crippen molar-refractivity contribution in [1.29, 1.82) is 0 Å². The Kier molecular flexibility index (Phi) is 3.28. The van der Waals surface area contributed by atoms with E-state index in [2.05, 4.69) is 16.4 Å². The third-order valence-corrected chi connectivity index (χ3v) is 5.34. The minimum atomic E-state index is 0.0719. The maximum atomic E-state index is 12.6. The van der Waals surface area contributed by atoms with Gasteiger partial charge in [0.25, 0.3) is 5.91 Å². The number of aromatic nitrogens is 1. The van der Waals surface area contributed by atoms with Gasteiger partial charge in [-0.15, -0.1) is 11.3 Å².